The van der Waals surface area contributed by atoms with Crippen LogP contribution < -0.4 is 5.56 Å². The largest absolute Gasteiger partial charge is 0.312 e. The van der Waals surface area contributed by atoms with Crippen LogP contribution in [-0.2, 0) is 0 Å². The first kappa shape index (κ1) is 9.23. The van der Waals surface area contributed by atoms with Crippen LogP contribution in [0.3, 0.4) is 0 Å². The Kier molecular flexibility index (Phi) is 2.26. The number of hydrogen-bond acceptors (Lipinski definition) is 3. The van der Waals surface area contributed by atoms with Gasteiger partial charge in [0.25, 0.3) is 5.56 Å². The lowest BCUT2D eigenvalue weighted by Crippen LogP contribution is -2.11. The molecule has 14 heavy (non-hydrogen) atoms. The minimum atomic E-state index is -0.414. The second-order valence-corrected chi connectivity index (χ2v) is 3.29. The molecule has 2 aromatic heterocycles. The molecule has 0 bridgehead atoms. The fourth-order valence-corrected chi connectivity index (χ4v) is 1.28. The number of H-pyrrole nitrogens is 1. The summed E-state index contributed by atoms with van der Waals surface area (Å²) in [5.41, 5.74) is -0.414. The number of aromatic amines is 1. The first-order valence-corrected chi connectivity index (χ1v) is 4.38. The van der Waals surface area contributed by atoms with E-state index in [4.69, 9.17) is 23.2 Å². The Hall–Kier alpha value is -1.33. The molecule has 0 radical (unpaired) electrons. The van der Waals surface area contributed by atoms with Crippen molar-refractivity contribution < 1.29 is 0 Å². The van der Waals surface area contributed by atoms with Crippen LogP contribution in [0.2, 0.25) is 10.0 Å². The molecule has 0 aliphatic heterocycles. The molecule has 0 atom stereocenters. The number of halogens is 2. The van der Waals surface area contributed by atoms with Crippen molar-refractivity contribution >= 4 is 23.2 Å². The number of aromatic nitrogens is 4. The first-order chi connectivity index (χ1) is 6.68. The summed E-state index contributed by atoms with van der Waals surface area (Å²) in [6.45, 7) is 0. The standard InChI is InChI=1S/C7H4Cl2N4O/c8-4-1-12-13(2-4)6-5(9)7(14)11-3-10-6/h1-3H,(H,10,11,14). The Morgan fingerprint density at radius 1 is 1.43 bits per heavy atom. The van der Waals surface area contributed by atoms with Crippen LogP contribution >= 0.6 is 23.2 Å². The summed E-state index contributed by atoms with van der Waals surface area (Å²) in [6.07, 6.45) is 4.19. The van der Waals surface area contributed by atoms with Gasteiger partial charge in [0.15, 0.2) is 10.8 Å². The van der Waals surface area contributed by atoms with Crippen molar-refractivity contribution in [2.24, 2.45) is 0 Å². The number of hydrogen-bond donors (Lipinski definition) is 1. The highest BCUT2D eigenvalue weighted by Gasteiger charge is 2.08. The number of nitrogens with one attached hydrogen (secondary N) is 1. The average molecular weight is 231 g/mol. The van der Waals surface area contributed by atoms with Gasteiger partial charge in [0.2, 0.25) is 0 Å². The van der Waals surface area contributed by atoms with Crippen molar-refractivity contribution in [3.8, 4) is 5.82 Å². The zero-order valence-electron chi connectivity index (χ0n) is 6.74. The molecule has 0 aliphatic rings. The van der Waals surface area contributed by atoms with Gasteiger partial charge in [-0.3, -0.25) is 4.79 Å². The Labute approximate surface area is 88.3 Å². The van der Waals surface area contributed by atoms with Crippen LogP contribution in [0.4, 0.5) is 0 Å². The lowest BCUT2D eigenvalue weighted by molar-refractivity contribution is 0.835. The maximum atomic E-state index is 11.1. The zero-order chi connectivity index (χ0) is 10.1. The maximum Gasteiger partial charge on any atom is 0.271 e. The minimum Gasteiger partial charge on any atom is -0.312 e. The van der Waals surface area contributed by atoms with Gasteiger partial charge in [0.1, 0.15) is 0 Å². The molecule has 0 spiro atoms. The molecule has 0 saturated heterocycles. The van der Waals surface area contributed by atoms with Crippen LogP contribution in [-0.4, -0.2) is 19.7 Å². The minimum absolute atomic E-state index is 0.0210. The van der Waals surface area contributed by atoms with E-state index < -0.39 is 5.56 Å². The van der Waals surface area contributed by atoms with E-state index in [9.17, 15) is 4.79 Å². The molecular weight excluding hydrogens is 227 g/mol. The molecular formula is C7H4Cl2N4O. The van der Waals surface area contributed by atoms with Gasteiger partial charge in [-0.2, -0.15) is 5.10 Å². The molecule has 7 heteroatoms. The summed E-state index contributed by atoms with van der Waals surface area (Å²) in [6, 6.07) is 0. The Morgan fingerprint density at radius 3 is 2.86 bits per heavy atom. The average Bonchev–Trinajstić information content (AvgIpc) is 2.57. The van der Waals surface area contributed by atoms with Crippen molar-refractivity contribution in [2.45, 2.75) is 0 Å². The summed E-state index contributed by atoms with van der Waals surface area (Å²) >= 11 is 11.4. The molecule has 0 saturated carbocycles. The van der Waals surface area contributed by atoms with Gasteiger partial charge in [0.05, 0.1) is 23.7 Å². The molecule has 0 aromatic carbocycles. The van der Waals surface area contributed by atoms with Gasteiger partial charge in [-0.25, -0.2) is 9.67 Å². The van der Waals surface area contributed by atoms with E-state index in [0.717, 1.165) is 0 Å². The third kappa shape index (κ3) is 1.51. The SMILES string of the molecule is O=c1[nH]cnc(-n2cc(Cl)cn2)c1Cl. The lowest BCUT2D eigenvalue weighted by Gasteiger charge is -1.99. The van der Waals surface area contributed by atoms with Crippen LogP contribution in [0.1, 0.15) is 0 Å². The summed E-state index contributed by atoms with van der Waals surface area (Å²) < 4.78 is 1.33. The van der Waals surface area contributed by atoms with Crippen molar-refractivity contribution in [2.75, 3.05) is 0 Å². The predicted octanol–water partition coefficient (Wildman–Crippen LogP) is 1.26. The molecule has 1 N–H and O–H groups in total. The van der Waals surface area contributed by atoms with Crippen molar-refractivity contribution in [1.82, 2.24) is 19.7 Å². The third-order valence-electron chi connectivity index (χ3n) is 1.55. The molecule has 0 aliphatic carbocycles. The van der Waals surface area contributed by atoms with Crippen LogP contribution in [0.25, 0.3) is 5.82 Å². The molecule has 2 aromatic rings. The highest BCUT2D eigenvalue weighted by Crippen LogP contribution is 2.14. The molecule has 0 unspecified atom stereocenters. The molecule has 2 rings (SSSR count). The Balaban J connectivity index is 2.63. The quantitative estimate of drug-likeness (QED) is 0.803. The first-order valence-electron chi connectivity index (χ1n) is 3.62. The van der Waals surface area contributed by atoms with Crippen molar-refractivity contribution in [3.63, 3.8) is 0 Å². The number of rotatable bonds is 1. The monoisotopic (exact) mass is 230 g/mol. The van der Waals surface area contributed by atoms with E-state index in [1.54, 1.807) is 0 Å². The topological polar surface area (TPSA) is 63.6 Å². The van der Waals surface area contributed by atoms with E-state index in [1.165, 1.54) is 23.4 Å². The van der Waals surface area contributed by atoms with Crippen LogP contribution in [0, 0.1) is 0 Å². The molecule has 0 fully saturated rings. The molecule has 5 nitrogen and oxygen atoms in total. The van der Waals surface area contributed by atoms with Gasteiger partial charge in [-0.15, -0.1) is 0 Å². The van der Waals surface area contributed by atoms with E-state index in [-0.39, 0.29) is 10.8 Å². The van der Waals surface area contributed by atoms with E-state index >= 15 is 0 Å². The highest BCUT2D eigenvalue weighted by molar-refractivity contribution is 6.32. The molecule has 0 amide bonds. The van der Waals surface area contributed by atoms with Crippen LogP contribution in [0.5, 0.6) is 0 Å². The Morgan fingerprint density at radius 2 is 2.21 bits per heavy atom. The van der Waals surface area contributed by atoms with E-state index in [1.807, 2.05) is 0 Å². The molecule has 72 valence electrons. The van der Waals surface area contributed by atoms with Gasteiger partial charge in [-0.1, -0.05) is 23.2 Å². The van der Waals surface area contributed by atoms with E-state index in [2.05, 4.69) is 15.1 Å². The van der Waals surface area contributed by atoms with Gasteiger partial charge in [0, 0.05) is 0 Å². The van der Waals surface area contributed by atoms with Gasteiger partial charge >= 0.3 is 0 Å². The lowest BCUT2D eigenvalue weighted by atomic mass is 10.5. The smallest absolute Gasteiger partial charge is 0.271 e. The summed E-state index contributed by atoms with van der Waals surface area (Å²) in [4.78, 5) is 17.3. The molecule has 2 heterocycles. The van der Waals surface area contributed by atoms with E-state index in [0.29, 0.717) is 5.02 Å². The summed E-state index contributed by atoms with van der Waals surface area (Å²) in [5, 5.41) is 4.30. The van der Waals surface area contributed by atoms with Crippen molar-refractivity contribution in [1.29, 1.82) is 0 Å². The summed E-state index contributed by atoms with van der Waals surface area (Å²) in [5.74, 6) is 0.252. The fourth-order valence-electron chi connectivity index (χ4n) is 0.950. The third-order valence-corrected chi connectivity index (χ3v) is 2.08. The fraction of sp³-hybridized carbons (Fsp3) is 0. The second-order valence-electron chi connectivity index (χ2n) is 2.47. The highest BCUT2D eigenvalue weighted by atomic mass is 35.5. The number of nitrogens with zero attached hydrogens (tertiary/aromatic N) is 3. The Bertz CT molecular complexity index is 518. The zero-order valence-corrected chi connectivity index (χ0v) is 8.25. The second kappa shape index (κ2) is 3.43. The van der Waals surface area contributed by atoms with Gasteiger partial charge < -0.3 is 4.98 Å². The summed E-state index contributed by atoms with van der Waals surface area (Å²) in [7, 11) is 0. The van der Waals surface area contributed by atoms with Crippen LogP contribution in [0.15, 0.2) is 23.5 Å². The van der Waals surface area contributed by atoms with Gasteiger partial charge in [-0.05, 0) is 0 Å². The normalized spacial score (nSPS) is 10.4. The van der Waals surface area contributed by atoms with Crippen molar-refractivity contribution in [3.05, 3.63) is 39.1 Å². The maximum absolute atomic E-state index is 11.1. The predicted molar refractivity (Wildman–Crippen MR) is 52.0 cm³/mol.